The molecule has 15 heavy (non-hydrogen) atoms. The van der Waals surface area contributed by atoms with Crippen molar-refractivity contribution in [3.63, 3.8) is 0 Å². The maximum absolute atomic E-state index is 9.67. The molecule has 0 saturated heterocycles. The van der Waals surface area contributed by atoms with Crippen LogP contribution in [0.15, 0.2) is 18.2 Å². The van der Waals surface area contributed by atoms with Crippen LogP contribution < -0.4 is 0 Å². The molecule has 76 valence electrons. The van der Waals surface area contributed by atoms with Gasteiger partial charge in [-0.25, -0.2) is 0 Å². The van der Waals surface area contributed by atoms with E-state index in [4.69, 9.17) is 5.11 Å². The van der Waals surface area contributed by atoms with Crippen molar-refractivity contribution >= 4 is 0 Å². The molecule has 0 heterocycles. The van der Waals surface area contributed by atoms with Crippen molar-refractivity contribution in [2.75, 3.05) is 0 Å². The molecular formula is C12H15O2Y+2. The second-order valence-electron chi connectivity index (χ2n) is 3.88. The molecule has 0 bridgehead atoms. The molecule has 3 heteroatoms. The molecule has 1 fully saturated rings. The van der Waals surface area contributed by atoms with Gasteiger partial charge < -0.3 is 16.6 Å². The molecular weight excluding hydrogens is 265 g/mol. The second-order valence-corrected chi connectivity index (χ2v) is 3.88. The summed E-state index contributed by atoms with van der Waals surface area (Å²) in [6.45, 7) is 0. The maximum Gasteiger partial charge on any atom is 3.00 e. The minimum atomic E-state index is 0. The Morgan fingerprint density at radius 3 is 2.40 bits per heavy atom. The van der Waals surface area contributed by atoms with Gasteiger partial charge in [-0.05, 0) is 17.5 Å². The fraction of sp³-hybridized carbons (Fsp3) is 0.417. The summed E-state index contributed by atoms with van der Waals surface area (Å²) in [5.74, 6) is 0.825. The van der Waals surface area contributed by atoms with Crippen molar-refractivity contribution in [3.05, 3.63) is 30.2 Å². The summed E-state index contributed by atoms with van der Waals surface area (Å²) in [5, 5.41) is 18.8. The van der Waals surface area contributed by atoms with E-state index in [1.807, 2.05) is 6.07 Å². The fourth-order valence-corrected chi connectivity index (χ4v) is 2.12. The molecule has 1 aromatic carbocycles. The zero-order chi connectivity index (χ0) is 9.97. The summed E-state index contributed by atoms with van der Waals surface area (Å²) < 4.78 is 0. The van der Waals surface area contributed by atoms with Gasteiger partial charge in [0.2, 0.25) is 0 Å². The van der Waals surface area contributed by atoms with Crippen LogP contribution in [0.25, 0.3) is 0 Å². The van der Waals surface area contributed by atoms with Crippen LogP contribution in [0.2, 0.25) is 0 Å². The molecule has 0 unspecified atom stereocenters. The van der Waals surface area contributed by atoms with Crippen molar-refractivity contribution in [2.45, 2.75) is 31.6 Å². The maximum atomic E-state index is 9.67. The van der Waals surface area contributed by atoms with Gasteiger partial charge in [0.05, 0.1) is 0 Å². The van der Waals surface area contributed by atoms with Crippen molar-refractivity contribution in [1.29, 1.82) is 0 Å². The number of hydrogen-bond donors (Lipinski definition) is 2. The Morgan fingerprint density at radius 1 is 1.13 bits per heavy atom. The third kappa shape index (κ3) is 3.19. The first kappa shape index (κ1) is 13.0. The Hall–Kier alpha value is -0.0761. The number of benzene rings is 1. The van der Waals surface area contributed by atoms with Gasteiger partial charge in [0.25, 0.3) is 0 Å². The predicted octanol–water partition coefficient (Wildman–Crippen LogP) is 2.96. The van der Waals surface area contributed by atoms with Crippen LogP contribution in [-0.2, 0) is 32.7 Å². The summed E-state index contributed by atoms with van der Waals surface area (Å²) in [6.07, 6.45) is 6.78. The van der Waals surface area contributed by atoms with E-state index in [0.717, 1.165) is 31.2 Å². The minimum absolute atomic E-state index is 0. The van der Waals surface area contributed by atoms with E-state index in [-0.39, 0.29) is 44.2 Å². The minimum Gasteiger partial charge on any atom is -0.508 e. The van der Waals surface area contributed by atoms with Crippen LogP contribution in [0, 0.1) is 6.42 Å². The van der Waals surface area contributed by atoms with Crippen molar-refractivity contribution in [2.24, 2.45) is 0 Å². The summed E-state index contributed by atoms with van der Waals surface area (Å²) in [5.41, 5.74) is 0.982. The van der Waals surface area contributed by atoms with E-state index in [1.165, 1.54) is 6.07 Å². The van der Waals surface area contributed by atoms with E-state index in [2.05, 4.69) is 6.42 Å². The number of phenolic OH excluding ortho intramolecular Hbond substituents is 2. The van der Waals surface area contributed by atoms with Crippen molar-refractivity contribution in [3.8, 4) is 11.5 Å². The third-order valence-electron chi connectivity index (χ3n) is 2.89. The molecule has 1 aliphatic rings. The Labute approximate surface area is 116 Å². The molecule has 0 radical (unpaired) electrons. The Morgan fingerprint density at radius 2 is 1.80 bits per heavy atom. The number of phenols is 2. The van der Waals surface area contributed by atoms with E-state index in [1.54, 1.807) is 6.07 Å². The topological polar surface area (TPSA) is 40.5 Å². The van der Waals surface area contributed by atoms with Crippen molar-refractivity contribution in [1.82, 2.24) is 0 Å². The predicted molar refractivity (Wildman–Crippen MR) is 55.3 cm³/mol. The average Bonchev–Trinajstić information content (AvgIpc) is 2.19. The molecule has 0 spiro atoms. The zero-order valence-corrected chi connectivity index (χ0v) is 11.5. The fourth-order valence-electron chi connectivity index (χ4n) is 2.12. The normalized spacial score (nSPS) is 17.1. The Balaban J connectivity index is 0.00000112. The SMILES string of the molecule is Oc1ccc(C2CC[CH-]CC2)c(O)c1.[Y+3]. The monoisotopic (exact) mass is 280 g/mol. The molecule has 2 rings (SSSR count). The standard InChI is InChI=1S/C12H15O2.Y/c13-10-6-7-11(12(14)8-10)9-4-2-1-3-5-9;/h1,6-9,13-14H,2-5H2;/q-1;+3. The third-order valence-corrected chi connectivity index (χ3v) is 2.89. The van der Waals surface area contributed by atoms with Gasteiger partial charge in [0, 0.05) is 6.07 Å². The second kappa shape index (κ2) is 5.86. The van der Waals surface area contributed by atoms with Gasteiger partial charge in [0.15, 0.2) is 0 Å². The smallest absolute Gasteiger partial charge is 0.508 e. The van der Waals surface area contributed by atoms with Gasteiger partial charge in [-0.3, -0.25) is 0 Å². The molecule has 2 nitrogen and oxygen atoms in total. The molecule has 1 aromatic rings. The van der Waals surface area contributed by atoms with E-state index in [0.29, 0.717) is 5.92 Å². The van der Waals surface area contributed by atoms with Crippen molar-refractivity contribution < 1.29 is 42.9 Å². The van der Waals surface area contributed by atoms with Crippen LogP contribution in [0.3, 0.4) is 0 Å². The number of hydrogen-bond acceptors (Lipinski definition) is 2. The molecule has 0 aliphatic heterocycles. The quantitative estimate of drug-likeness (QED) is 0.776. The van der Waals surface area contributed by atoms with Crippen LogP contribution in [-0.4, -0.2) is 10.2 Å². The first-order valence-corrected chi connectivity index (χ1v) is 5.11. The van der Waals surface area contributed by atoms with Gasteiger partial charge >= 0.3 is 32.7 Å². The molecule has 0 amide bonds. The molecule has 1 aliphatic carbocycles. The molecule has 2 N–H and O–H groups in total. The first-order valence-electron chi connectivity index (χ1n) is 5.11. The number of rotatable bonds is 1. The largest absolute Gasteiger partial charge is 3.00 e. The van der Waals surface area contributed by atoms with Gasteiger partial charge in [-0.1, -0.05) is 18.9 Å². The van der Waals surface area contributed by atoms with E-state index < -0.39 is 0 Å². The van der Waals surface area contributed by atoms with Crippen LogP contribution in [0.5, 0.6) is 11.5 Å². The van der Waals surface area contributed by atoms with E-state index in [9.17, 15) is 5.11 Å². The molecule has 0 aromatic heterocycles. The van der Waals surface area contributed by atoms with Crippen LogP contribution >= 0.6 is 0 Å². The van der Waals surface area contributed by atoms with Gasteiger partial charge in [0.1, 0.15) is 11.5 Å². The zero-order valence-electron chi connectivity index (χ0n) is 8.69. The van der Waals surface area contributed by atoms with Gasteiger partial charge in [-0.15, -0.1) is 0 Å². The first-order chi connectivity index (χ1) is 6.77. The number of aromatic hydroxyl groups is 2. The summed E-state index contributed by atoms with van der Waals surface area (Å²) in [6, 6.07) is 4.90. The van der Waals surface area contributed by atoms with Crippen LogP contribution in [0.1, 0.15) is 37.2 Å². The van der Waals surface area contributed by atoms with E-state index >= 15 is 0 Å². The van der Waals surface area contributed by atoms with Gasteiger partial charge in [-0.2, -0.15) is 12.8 Å². The Bertz CT molecular complexity index is 319. The van der Waals surface area contributed by atoms with Crippen LogP contribution in [0.4, 0.5) is 0 Å². The molecule has 0 atom stereocenters. The Kier molecular flexibility index (Phi) is 5.07. The summed E-state index contributed by atoms with van der Waals surface area (Å²) in [4.78, 5) is 0. The average molecular weight is 280 g/mol. The summed E-state index contributed by atoms with van der Waals surface area (Å²) in [7, 11) is 0. The molecule has 1 saturated carbocycles. The summed E-state index contributed by atoms with van der Waals surface area (Å²) >= 11 is 0.